The molecule has 0 saturated heterocycles. The fourth-order valence-corrected chi connectivity index (χ4v) is 1.90. The first kappa shape index (κ1) is 14.1. The third-order valence-corrected chi connectivity index (χ3v) is 2.71. The zero-order valence-electron chi connectivity index (χ0n) is 11.0. The van der Waals surface area contributed by atoms with Crippen LogP contribution >= 0.6 is 0 Å². The van der Waals surface area contributed by atoms with E-state index in [4.69, 9.17) is 4.74 Å². The van der Waals surface area contributed by atoms with Crippen LogP contribution in [0, 0.1) is 24.0 Å². The smallest absolute Gasteiger partial charge is 0.330 e. The molecule has 0 amide bonds. The standard InChI is InChI=1S/C11H17N3O4/c1-5-9(11(15)18-6-2)13-8(4)10(14(16)17)7(3)12-13/h9H,5-6H2,1-4H3. The van der Waals surface area contributed by atoms with E-state index >= 15 is 0 Å². The van der Waals surface area contributed by atoms with Crippen LogP contribution in [-0.2, 0) is 9.53 Å². The number of ether oxygens (including phenoxy) is 1. The molecule has 0 bridgehead atoms. The van der Waals surface area contributed by atoms with Crippen molar-refractivity contribution in [3.05, 3.63) is 21.5 Å². The molecule has 1 atom stereocenters. The molecule has 0 aliphatic heterocycles. The highest BCUT2D eigenvalue weighted by atomic mass is 16.6. The van der Waals surface area contributed by atoms with Gasteiger partial charge in [0.05, 0.1) is 11.5 Å². The molecule has 0 aliphatic carbocycles. The van der Waals surface area contributed by atoms with Gasteiger partial charge in [-0.25, -0.2) is 9.48 Å². The van der Waals surface area contributed by atoms with E-state index in [1.165, 1.54) is 4.68 Å². The molecule has 0 aliphatic rings. The number of esters is 1. The zero-order chi connectivity index (χ0) is 13.9. The van der Waals surface area contributed by atoms with Gasteiger partial charge in [-0.05, 0) is 27.2 Å². The van der Waals surface area contributed by atoms with Gasteiger partial charge in [-0.3, -0.25) is 10.1 Å². The van der Waals surface area contributed by atoms with E-state index in [0.29, 0.717) is 17.8 Å². The molecular formula is C11H17N3O4. The van der Waals surface area contributed by atoms with Crippen LogP contribution in [0.25, 0.3) is 0 Å². The topological polar surface area (TPSA) is 87.3 Å². The summed E-state index contributed by atoms with van der Waals surface area (Å²) in [5.41, 5.74) is 0.635. The summed E-state index contributed by atoms with van der Waals surface area (Å²) < 4.78 is 6.32. The zero-order valence-corrected chi connectivity index (χ0v) is 11.0. The fourth-order valence-electron chi connectivity index (χ4n) is 1.90. The first-order valence-electron chi connectivity index (χ1n) is 5.80. The van der Waals surface area contributed by atoms with E-state index in [9.17, 15) is 14.9 Å². The van der Waals surface area contributed by atoms with Crippen LogP contribution in [0.2, 0.25) is 0 Å². The Labute approximate surface area is 105 Å². The molecule has 0 radical (unpaired) electrons. The molecule has 1 heterocycles. The summed E-state index contributed by atoms with van der Waals surface area (Å²) in [5, 5.41) is 15.0. The van der Waals surface area contributed by atoms with Gasteiger partial charge in [-0.15, -0.1) is 0 Å². The quantitative estimate of drug-likeness (QED) is 0.455. The summed E-state index contributed by atoms with van der Waals surface area (Å²) in [6.07, 6.45) is 0.470. The predicted molar refractivity (Wildman–Crippen MR) is 64.3 cm³/mol. The van der Waals surface area contributed by atoms with Crippen molar-refractivity contribution in [2.45, 2.75) is 40.2 Å². The first-order valence-corrected chi connectivity index (χ1v) is 5.80. The van der Waals surface area contributed by atoms with Gasteiger partial charge >= 0.3 is 11.7 Å². The summed E-state index contributed by atoms with van der Waals surface area (Å²) >= 11 is 0. The van der Waals surface area contributed by atoms with Crippen molar-refractivity contribution in [1.29, 1.82) is 0 Å². The maximum absolute atomic E-state index is 11.8. The van der Waals surface area contributed by atoms with Crippen molar-refractivity contribution in [2.75, 3.05) is 6.61 Å². The molecule has 1 rings (SSSR count). The Kier molecular flexibility index (Phi) is 4.41. The Bertz CT molecular complexity index is 467. The number of rotatable bonds is 5. The Morgan fingerprint density at radius 3 is 2.50 bits per heavy atom. The van der Waals surface area contributed by atoms with Crippen LogP contribution in [0.4, 0.5) is 5.69 Å². The summed E-state index contributed by atoms with van der Waals surface area (Å²) in [6.45, 7) is 6.94. The lowest BCUT2D eigenvalue weighted by atomic mass is 10.2. The van der Waals surface area contributed by atoms with Gasteiger partial charge in [0, 0.05) is 0 Å². The molecule has 1 unspecified atom stereocenters. The highest BCUT2D eigenvalue weighted by Crippen LogP contribution is 2.26. The third-order valence-electron chi connectivity index (χ3n) is 2.71. The normalized spacial score (nSPS) is 12.2. The van der Waals surface area contributed by atoms with E-state index < -0.39 is 16.9 Å². The molecule has 18 heavy (non-hydrogen) atoms. The van der Waals surface area contributed by atoms with Crippen molar-refractivity contribution in [3.63, 3.8) is 0 Å². The predicted octanol–water partition coefficient (Wildman–Crippen LogP) is 1.92. The van der Waals surface area contributed by atoms with E-state index in [1.54, 1.807) is 20.8 Å². The SMILES string of the molecule is CCOC(=O)C(CC)n1nc(C)c([N+](=O)[O-])c1C. The molecule has 1 aromatic rings. The number of nitrogens with zero attached hydrogens (tertiary/aromatic N) is 3. The molecule has 0 fully saturated rings. The molecule has 0 saturated carbocycles. The second-order valence-electron chi connectivity index (χ2n) is 3.90. The molecule has 7 heteroatoms. The molecular weight excluding hydrogens is 238 g/mol. The summed E-state index contributed by atoms with van der Waals surface area (Å²) in [4.78, 5) is 22.2. The van der Waals surface area contributed by atoms with Crippen molar-refractivity contribution in [3.8, 4) is 0 Å². The number of carbonyl (C=O) groups is 1. The van der Waals surface area contributed by atoms with Crippen molar-refractivity contribution in [1.82, 2.24) is 9.78 Å². The van der Waals surface area contributed by atoms with Crippen LogP contribution in [0.5, 0.6) is 0 Å². The Morgan fingerprint density at radius 1 is 1.50 bits per heavy atom. The van der Waals surface area contributed by atoms with Crippen LogP contribution in [0.15, 0.2) is 0 Å². The number of nitro groups is 1. The Hall–Kier alpha value is -1.92. The summed E-state index contributed by atoms with van der Waals surface area (Å²) in [5.74, 6) is -0.416. The third kappa shape index (κ3) is 2.49. The van der Waals surface area contributed by atoms with Crippen LogP contribution in [-0.4, -0.2) is 27.3 Å². The van der Waals surface area contributed by atoms with E-state index in [1.807, 2.05) is 6.92 Å². The van der Waals surface area contributed by atoms with Gasteiger partial charge in [-0.2, -0.15) is 5.10 Å². The highest BCUT2D eigenvalue weighted by molar-refractivity contribution is 5.74. The number of aryl methyl sites for hydroxylation is 1. The second-order valence-corrected chi connectivity index (χ2v) is 3.90. The largest absolute Gasteiger partial charge is 0.464 e. The van der Waals surface area contributed by atoms with Gasteiger partial charge in [0.25, 0.3) is 0 Å². The van der Waals surface area contributed by atoms with E-state index in [-0.39, 0.29) is 12.3 Å². The van der Waals surface area contributed by atoms with Gasteiger partial charge in [0.1, 0.15) is 17.4 Å². The number of carbonyl (C=O) groups excluding carboxylic acids is 1. The molecule has 100 valence electrons. The first-order chi connectivity index (χ1) is 8.43. The van der Waals surface area contributed by atoms with Crippen LogP contribution in [0.3, 0.4) is 0 Å². The van der Waals surface area contributed by atoms with Crippen molar-refractivity contribution >= 4 is 11.7 Å². The lowest BCUT2D eigenvalue weighted by Gasteiger charge is -2.15. The van der Waals surface area contributed by atoms with Crippen molar-refractivity contribution in [2.24, 2.45) is 0 Å². The minimum atomic E-state index is -0.614. The minimum Gasteiger partial charge on any atom is -0.464 e. The maximum atomic E-state index is 11.8. The average Bonchev–Trinajstić information content (AvgIpc) is 2.56. The second kappa shape index (κ2) is 5.61. The monoisotopic (exact) mass is 255 g/mol. The molecule has 0 aromatic carbocycles. The Morgan fingerprint density at radius 2 is 2.11 bits per heavy atom. The number of aromatic nitrogens is 2. The van der Waals surface area contributed by atoms with Gasteiger partial charge in [0.2, 0.25) is 0 Å². The van der Waals surface area contributed by atoms with Crippen LogP contribution in [0.1, 0.15) is 37.7 Å². The fraction of sp³-hybridized carbons (Fsp3) is 0.636. The molecule has 7 nitrogen and oxygen atoms in total. The van der Waals surface area contributed by atoms with Crippen LogP contribution < -0.4 is 0 Å². The molecule has 1 aromatic heterocycles. The van der Waals surface area contributed by atoms with Gasteiger partial charge in [0.15, 0.2) is 0 Å². The summed E-state index contributed by atoms with van der Waals surface area (Å²) in [7, 11) is 0. The average molecular weight is 255 g/mol. The van der Waals surface area contributed by atoms with Gasteiger partial charge in [-0.1, -0.05) is 6.92 Å². The molecule has 0 spiro atoms. The lowest BCUT2D eigenvalue weighted by Crippen LogP contribution is -2.23. The Balaban J connectivity index is 3.19. The summed E-state index contributed by atoms with van der Waals surface area (Å²) in [6, 6.07) is -0.614. The number of hydrogen-bond donors (Lipinski definition) is 0. The number of hydrogen-bond acceptors (Lipinski definition) is 5. The highest BCUT2D eigenvalue weighted by Gasteiger charge is 2.29. The molecule has 0 N–H and O–H groups in total. The minimum absolute atomic E-state index is 0.0438. The lowest BCUT2D eigenvalue weighted by molar-refractivity contribution is -0.386. The maximum Gasteiger partial charge on any atom is 0.330 e. The van der Waals surface area contributed by atoms with Crippen molar-refractivity contribution < 1.29 is 14.5 Å². The van der Waals surface area contributed by atoms with Gasteiger partial charge < -0.3 is 4.74 Å². The van der Waals surface area contributed by atoms with E-state index in [0.717, 1.165) is 0 Å². The van der Waals surface area contributed by atoms with E-state index in [2.05, 4.69) is 5.10 Å².